The van der Waals surface area contributed by atoms with Gasteiger partial charge in [-0.15, -0.1) is 10.2 Å². The molecule has 1 aromatic rings. The molecule has 0 amide bonds. The minimum atomic E-state index is -5.08. The van der Waals surface area contributed by atoms with Gasteiger partial charge in [0.05, 0.1) is 6.10 Å². The SMILES string of the molecule is Cc1nnn(C2CCC(O)C2O)n1.O=C(O)C(F)(F)F. The first-order chi connectivity index (χ1) is 9.12. The Kier molecular flexibility index (Phi) is 5.00. The minimum absolute atomic E-state index is 0.226. The van der Waals surface area contributed by atoms with Gasteiger partial charge in [0.2, 0.25) is 0 Å². The zero-order valence-corrected chi connectivity index (χ0v) is 10.3. The summed E-state index contributed by atoms with van der Waals surface area (Å²) in [5, 5.41) is 37.5. The molecule has 3 atom stereocenters. The van der Waals surface area contributed by atoms with Crippen molar-refractivity contribution in [2.24, 2.45) is 0 Å². The number of aryl methyl sites for hydroxylation is 1. The molecule has 2 rings (SSSR count). The molecule has 114 valence electrons. The molecular weight excluding hydrogens is 285 g/mol. The molecule has 1 saturated carbocycles. The summed E-state index contributed by atoms with van der Waals surface area (Å²) in [6.45, 7) is 1.74. The fraction of sp³-hybridized carbons (Fsp3) is 0.778. The number of hydrogen-bond donors (Lipinski definition) is 3. The number of tetrazole rings is 1. The van der Waals surface area contributed by atoms with Gasteiger partial charge in [0.1, 0.15) is 12.1 Å². The third kappa shape index (κ3) is 4.13. The van der Waals surface area contributed by atoms with Gasteiger partial charge >= 0.3 is 12.1 Å². The van der Waals surface area contributed by atoms with Crippen molar-refractivity contribution >= 4 is 5.97 Å². The third-order valence-corrected chi connectivity index (χ3v) is 2.61. The summed E-state index contributed by atoms with van der Waals surface area (Å²) >= 11 is 0. The largest absolute Gasteiger partial charge is 0.490 e. The van der Waals surface area contributed by atoms with Gasteiger partial charge in [0, 0.05) is 0 Å². The first kappa shape index (κ1) is 16.3. The fourth-order valence-corrected chi connectivity index (χ4v) is 1.63. The van der Waals surface area contributed by atoms with Crippen molar-refractivity contribution in [3.63, 3.8) is 0 Å². The average molecular weight is 298 g/mol. The molecule has 1 aliphatic carbocycles. The molecule has 20 heavy (non-hydrogen) atoms. The number of nitrogens with zero attached hydrogens (tertiary/aromatic N) is 4. The molecule has 0 spiro atoms. The molecule has 0 radical (unpaired) electrons. The maximum absolute atomic E-state index is 10.6. The lowest BCUT2D eigenvalue weighted by atomic mass is 10.2. The van der Waals surface area contributed by atoms with E-state index in [-0.39, 0.29) is 6.04 Å². The number of aliphatic hydroxyl groups is 2. The van der Waals surface area contributed by atoms with Gasteiger partial charge in [-0.3, -0.25) is 0 Å². The second-order valence-electron chi connectivity index (χ2n) is 4.16. The maximum Gasteiger partial charge on any atom is 0.490 e. The molecule has 0 aromatic carbocycles. The Labute approximate surface area is 110 Å². The van der Waals surface area contributed by atoms with Crippen LogP contribution < -0.4 is 0 Å². The number of aromatic nitrogens is 4. The number of rotatable bonds is 1. The van der Waals surface area contributed by atoms with Gasteiger partial charge in [0.25, 0.3) is 0 Å². The predicted octanol–water partition coefficient (Wildman–Crippen LogP) is -0.328. The smallest absolute Gasteiger partial charge is 0.475 e. The third-order valence-electron chi connectivity index (χ3n) is 2.61. The van der Waals surface area contributed by atoms with E-state index in [0.29, 0.717) is 18.7 Å². The van der Waals surface area contributed by atoms with Crippen LogP contribution in [0.1, 0.15) is 24.7 Å². The van der Waals surface area contributed by atoms with Crippen molar-refractivity contribution in [2.75, 3.05) is 0 Å². The second kappa shape index (κ2) is 6.13. The van der Waals surface area contributed by atoms with Crippen molar-refractivity contribution in [1.29, 1.82) is 0 Å². The number of carboxylic acids is 1. The highest BCUT2D eigenvalue weighted by Gasteiger charge is 2.38. The van der Waals surface area contributed by atoms with Crippen LogP contribution in [0.3, 0.4) is 0 Å². The predicted molar refractivity (Wildman–Crippen MR) is 56.5 cm³/mol. The van der Waals surface area contributed by atoms with Crippen molar-refractivity contribution in [3.05, 3.63) is 5.82 Å². The fourth-order valence-electron chi connectivity index (χ4n) is 1.63. The lowest BCUT2D eigenvalue weighted by Gasteiger charge is -2.14. The first-order valence-electron chi connectivity index (χ1n) is 5.55. The maximum atomic E-state index is 10.6. The number of carbonyl (C=O) groups is 1. The van der Waals surface area contributed by atoms with Crippen LogP contribution in [0.2, 0.25) is 0 Å². The van der Waals surface area contributed by atoms with Crippen LogP contribution in [0.4, 0.5) is 13.2 Å². The summed E-state index contributed by atoms with van der Waals surface area (Å²) in [6.07, 6.45) is -5.23. The molecule has 0 aliphatic heterocycles. The molecule has 0 bridgehead atoms. The molecule has 11 heteroatoms. The van der Waals surface area contributed by atoms with Crippen LogP contribution in [-0.4, -0.2) is 59.9 Å². The van der Waals surface area contributed by atoms with Crippen LogP contribution in [0.5, 0.6) is 0 Å². The molecule has 1 aliphatic rings. The summed E-state index contributed by atoms with van der Waals surface area (Å²) < 4.78 is 31.7. The Hall–Kier alpha value is -1.75. The molecule has 0 saturated heterocycles. The number of alkyl halides is 3. The monoisotopic (exact) mass is 298 g/mol. The van der Waals surface area contributed by atoms with Crippen molar-refractivity contribution < 1.29 is 33.3 Å². The van der Waals surface area contributed by atoms with E-state index in [1.165, 1.54) is 4.80 Å². The van der Waals surface area contributed by atoms with Gasteiger partial charge in [-0.1, -0.05) is 0 Å². The van der Waals surface area contributed by atoms with Crippen molar-refractivity contribution in [2.45, 2.75) is 44.2 Å². The summed E-state index contributed by atoms with van der Waals surface area (Å²) in [6, 6.07) is -0.226. The number of aliphatic hydroxyl groups excluding tert-OH is 2. The van der Waals surface area contributed by atoms with Gasteiger partial charge in [0.15, 0.2) is 5.82 Å². The minimum Gasteiger partial charge on any atom is -0.475 e. The van der Waals surface area contributed by atoms with Gasteiger partial charge in [-0.05, 0) is 25.0 Å². The number of carboxylic acid groups (broad SMARTS) is 1. The van der Waals surface area contributed by atoms with E-state index in [4.69, 9.17) is 9.90 Å². The van der Waals surface area contributed by atoms with E-state index < -0.39 is 24.4 Å². The average Bonchev–Trinajstić information content (AvgIpc) is 2.87. The number of aliphatic carboxylic acids is 1. The molecule has 8 nitrogen and oxygen atoms in total. The summed E-state index contributed by atoms with van der Waals surface area (Å²) in [4.78, 5) is 10.3. The standard InChI is InChI=1S/C7H12N4O2.C2HF3O2/c1-4-8-10-11(9-4)5-2-3-6(12)7(5)13;3-2(4,5)1(6)7/h5-7,12-13H,2-3H2,1H3;(H,6,7). The topological polar surface area (TPSA) is 121 Å². The highest BCUT2D eigenvalue weighted by molar-refractivity contribution is 5.73. The van der Waals surface area contributed by atoms with Crippen LogP contribution in [0.15, 0.2) is 0 Å². The zero-order valence-electron chi connectivity index (χ0n) is 10.3. The van der Waals surface area contributed by atoms with Crippen LogP contribution in [0, 0.1) is 6.92 Å². The molecular formula is C9H13F3N4O4. The van der Waals surface area contributed by atoms with Gasteiger partial charge in [-0.2, -0.15) is 18.0 Å². The van der Waals surface area contributed by atoms with Crippen LogP contribution >= 0.6 is 0 Å². The Bertz CT molecular complexity index is 464. The molecule has 3 N–H and O–H groups in total. The quantitative estimate of drug-likeness (QED) is 0.649. The summed E-state index contributed by atoms with van der Waals surface area (Å²) in [7, 11) is 0. The number of halogens is 3. The van der Waals surface area contributed by atoms with Crippen molar-refractivity contribution in [1.82, 2.24) is 20.2 Å². The molecule has 1 fully saturated rings. The lowest BCUT2D eigenvalue weighted by molar-refractivity contribution is -0.192. The van der Waals surface area contributed by atoms with E-state index >= 15 is 0 Å². The highest BCUT2D eigenvalue weighted by atomic mass is 19.4. The van der Waals surface area contributed by atoms with E-state index in [1.54, 1.807) is 6.92 Å². The first-order valence-corrected chi connectivity index (χ1v) is 5.55. The van der Waals surface area contributed by atoms with E-state index in [0.717, 1.165) is 0 Å². The van der Waals surface area contributed by atoms with E-state index in [1.807, 2.05) is 0 Å². The zero-order chi connectivity index (χ0) is 15.5. The van der Waals surface area contributed by atoms with Crippen LogP contribution in [-0.2, 0) is 4.79 Å². The Balaban J connectivity index is 0.000000246. The van der Waals surface area contributed by atoms with Gasteiger partial charge < -0.3 is 15.3 Å². The Morgan fingerprint density at radius 3 is 2.20 bits per heavy atom. The van der Waals surface area contributed by atoms with Gasteiger partial charge in [-0.25, -0.2) is 4.79 Å². The molecule has 1 heterocycles. The number of hydrogen-bond acceptors (Lipinski definition) is 6. The summed E-state index contributed by atoms with van der Waals surface area (Å²) in [5.74, 6) is -2.18. The van der Waals surface area contributed by atoms with E-state index in [2.05, 4.69) is 15.4 Å². The van der Waals surface area contributed by atoms with Crippen LogP contribution in [0.25, 0.3) is 0 Å². The summed E-state index contributed by atoms with van der Waals surface area (Å²) in [5.41, 5.74) is 0. The van der Waals surface area contributed by atoms with E-state index in [9.17, 15) is 23.4 Å². The Morgan fingerprint density at radius 2 is 1.90 bits per heavy atom. The molecule has 3 unspecified atom stereocenters. The second-order valence-corrected chi connectivity index (χ2v) is 4.16. The molecule has 1 aromatic heterocycles. The normalized spacial score (nSPS) is 26.0. The highest BCUT2D eigenvalue weighted by Crippen LogP contribution is 2.28. The lowest BCUT2D eigenvalue weighted by Crippen LogP contribution is -2.28. The Morgan fingerprint density at radius 1 is 1.35 bits per heavy atom. The van der Waals surface area contributed by atoms with Crippen molar-refractivity contribution in [3.8, 4) is 0 Å².